The molecule has 1 fully saturated rings. The van der Waals surface area contributed by atoms with E-state index >= 15 is 0 Å². The highest BCUT2D eigenvalue weighted by Gasteiger charge is 2.24. The number of carbonyl (C=O) groups excluding carboxylic acids is 2. The number of carbonyl (C=O) groups is 2. The van der Waals surface area contributed by atoms with E-state index in [1.165, 1.54) is 6.92 Å². The first-order valence-corrected chi connectivity index (χ1v) is 9.62. The van der Waals surface area contributed by atoms with Crippen LogP contribution in [0.15, 0.2) is 36.4 Å². The number of amides is 2. The van der Waals surface area contributed by atoms with Crippen molar-refractivity contribution in [2.24, 2.45) is 0 Å². The van der Waals surface area contributed by atoms with Crippen molar-refractivity contribution < 1.29 is 19.1 Å². The van der Waals surface area contributed by atoms with Crippen molar-refractivity contribution in [3.8, 4) is 11.5 Å². The summed E-state index contributed by atoms with van der Waals surface area (Å²) in [6, 6.07) is 11.2. The van der Waals surface area contributed by atoms with Gasteiger partial charge in [0.2, 0.25) is 0 Å². The number of anilines is 2. The van der Waals surface area contributed by atoms with Crippen molar-refractivity contribution in [2.75, 3.05) is 43.5 Å². The van der Waals surface area contributed by atoms with Crippen LogP contribution in [0.1, 0.15) is 18.1 Å². The Kier molecular flexibility index (Phi) is 6.26. The van der Waals surface area contributed by atoms with E-state index in [-0.39, 0.29) is 12.0 Å². The van der Waals surface area contributed by atoms with Gasteiger partial charge in [0.25, 0.3) is 0 Å². The molecule has 7 nitrogen and oxygen atoms in total. The van der Waals surface area contributed by atoms with E-state index in [1.807, 2.05) is 44.2 Å². The molecule has 2 amide bonds. The van der Waals surface area contributed by atoms with E-state index in [0.717, 1.165) is 16.8 Å². The summed E-state index contributed by atoms with van der Waals surface area (Å²) in [6.07, 6.45) is 0. The van der Waals surface area contributed by atoms with Crippen LogP contribution in [0.25, 0.3) is 0 Å². The number of ether oxygens (including phenoxy) is 2. The third-order valence-electron chi connectivity index (χ3n) is 5.08. The molecular formula is C22H27N3O4. The number of hydrogen-bond donors (Lipinski definition) is 1. The molecule has 29 heavy (non-hydrogen) atoms. The van der Waals surface area contributed by atoms with E-state index in [9.17, 15) is 9.59 Å². The number of benzene rings is 2. The largest absolute Gasteiger partial charge is 0.495 e. The van der Waals surface area contributed by atoms with Crippen molar-refractivity contribution >= 4 is 23.4 Å². The Balaban J connectivity index is 1.65. The molecule has 3 rings (SSSR count). The second-order valence-electron chi connectivity index (χ2n) is 7.10. The van der Waals surface area contributed by atoms with Gasteiger partial charge >= 0.3 is 12.0 Å². The summed E-state index contributed by atoms with van der Waals surface area (Å²) in [4.78, 5) is 28.0. The third-order valence-corrected chi connectivity index (χ3v) is 5.08. The first-order valence-electron chi connectivity index (χ1n) is 9.62. The fraction of sp³-hybridized carbons (Fsp3) is 0.364. The highest BCUT2D eigenvalue weighted by molar-refractivity contribution is 5.91. The lowest BCUT2D eigenvalue weighted by atomic mass is 10.1. The number of nitrogens with one attached hydrogen (secondary N) is 1. The van der Waals surface area contributed by atoms with Gasteiger partial charge in [0, 0.05) is 33.1 Å². The highest BCUT2D eigenvalue weighted by Crippen LogP contribution is 2.30. The molecule has 0 aliphatic carbocycles. The van der Waals surface area contributed by atoms with Crippen LogP contribution in [0.3, 0.4) is 0 Å². The van der Waals surface area contributed by atoms with Crippen LogP contribution in [0.4, 0.5) is 16.2 Å². The first-order chi connectivity index (χ1) is 13.9. The normalized spacial score (nSPS) is 13.8. The zero-order chi connectivity index (χ0) is 21.0. The second-order valence-corrected chi connectivity index (χ2v) is 7.10. The standard InChI is InChI=1S/C22H27N3O4/c1-15-13-18(21(28-4)14-16(15)2)23-22(27)25-11-9-24(10-12-25)19-7-5-6-8-20(19)29-17(3)26/h5-8,13-14H,9-12H2,1-4H3,(H,23,27). The Bertz CT molecular complexity index is 905. The van der Waals surface area contributed by atoms with Gasteiger partial charge in [0.05, 0.1) is 18.5 Å². The molecule has 154 valence electrons. The smallest absolute Gasteiger partial charge is 0.322 e. The van der Waals surface area contributed by atoms with Crippen LogP contribution in [-0.2, 0) is 4.79 Å². The minimum absolute atomic E-state index is 0.153. The summed E-state index contributed by atoms with van der Waals surface area (Å²) in [5.74, 6) is 0.839. The lowest BCUT2D eigenvalue weighted by molar-refractivity contribution is -0.131. The quantitative estimate of drug-likeness (QED) is 0.631. The number of methoxy groups -OCH3 is 1. The molecular weight excluding hydrogens is 370 g/mol. The van der Waals surface area contributed by atoms with E-state index < -0.39 is 0 Å². The molecule has 1 heterocycles. The van der Waals surface area contributed by atoms with Gasteiger partial charge in [0.15, 0.2) is 5.75 Å². The average Bonchev–Trinajstić information content (AvgIpc) is 2.70. The van der Waals surface area contributed by atoms with Crippen molar-refractivity contribution in [1.29, 1.82) is 0 Å². The van der Waals surface area contributed by atoms with Gasteiger partial charge in [-0.25, -0.2) is 4.79 Å². The maximum absolute atomic E-state index is 12.8. The number of rotatable bonds is 4. The maximum Gasteiger partial charge on any atom is 0.322 e. The van der Waals surface area contributed by atoms with Gasteiger partial charge in [-0.2, -0.15) is 0 Å². The number of piperazine rings is 1. The minimum atomic E-state index is -0.349. The maximum atomic E-state index is 12.8. The molecule has 1 N–H and O–H groups in total. The highest BCUT2D eigenvalue weighted by atomic mass is 16.5. The van der Waals surface area contributed by atoms with Gasteiger partial charge in [0.1, 0.15) is 5.75 Å². The van der Waals surface area contributed by atoms with Gasteiger partial charge < -0.3 is 24.6 Å². The lowest BCUT2D eigenvalue weighted by Gasteiger charge is -2.36. The van der Waals surface area contributed by atoms with Crippen molar-refractivity contribution in [3.63, 3.8) is 0 Å². The molecule has 1 aliphatic heterocycles. The number of para-hydroxylation sites is 2. The number of nitrogens with zero attached hydrogens (tertiary/aromatic N) is 2. The molecule has 0 radical (unpaired) electrons. The Hall–Kier alpha value is -3.22. The Morgan fingerprint density at radius 3 is 2.28 bits per heavy atom. The second kappa shape index (κ2) is 8.86. The molecule has 0 bridgehead atoms. The molecule has 0 saturated carbocycles. The van der Waals surface area contributed by atoms with Crippen LogP contribution >= 0.6 is 0 Å². The summed E-state index contributed by atoms with van der Waals surface area (Å²) in [5.41, 5.74) is 3.73. The van der Waals surface area contributed by atoms with Crippen molar-refractivity contribution in [3.05, 3.63) is 47.5 Å². The zero-order valence-corrected chi connectivity index (χ0v) is 17.3. The van der Waals surface area contributed by atoms with E-state index in [0.29, 0.717) is 43.4 Å². The Morgan fingerprint density at radius 2 is 1.62 bits per heavy atom. The van der Waals surface area contributed by atoms with Crippen molar-refractivity contribution in [1.82, 2.24) is 4.90 Å². The molecule has 0 spiro atoms. The van der Waals surface area contributed by atoms with Gasteiger partial charge in [-0.05, 0) is 49.2 Å². The molecule has 0 unspecified atom stereocenters. The fourth-order valence-corrected chi connectivity index (χ4v) is 3.36. The molecule has 0 atom stereocenters. The number of hydrogen-bond acceptors (Lipinski definition) is 5. The van der Waals surface area contributed by atoms with Crippen LogP contribution in [-0.4, -0.2) is 50.2 Å². The number of aryl methyl sites for hydroxylation is 2. The third kappa shape index (κ3) is 4.80. The minimum Gasteiger partial charge on any atom is -0.495 e. The van der Waals surface area contributed by atoms with Crippen molar-refractivity contribution in [2.45, 2.75) is 20.8 Å². The summed E-state index contributed by atoms with van der Waals surface area (Å²) >= 11 is 0. The van der Waals surface area contributed by atoms with Gasteiger partial charge in [-0.1, -0.05) is 12.1 Å². The van der Waals surface area contributed by atoms with Gasteiger partial charge in [-0.3, -0.25) is 4.79 Å². The van der Waals surface area contributed by atoms with Crippen LogP contribution in [0.2, 0.25) is 0 Å². The molecule has 7 heteroatoms. The topological polar surface area (TPSA) is 71.1 Å². The molecule has 2 aromatic carbocycles. The van der Waals surface area contributed by atoms with Crippen LogP contribution in [0, 0.1) is 13.8 Å². The monoisotopic (exact) mass is 397 g/mol. The summed E-state index contributed by atoms with van der Waals surface area (Å²) in [7, 11) is 1.60. The average molecular weight is 397 g/mol. The number of urea groups is 1. The number of esters is 1. The van der Waals surface area contributed by atoms with Crippen LogP contribution in [0.5, 0.6) is 11.5 Å². The van der Waals surface area contributed by atoms with Crippen LogP contribution < -0.4 is 19.7 Å². The first kappa shape index (κ1) is 20.5. The summed E-state index contributed by atoms with van der Waals surface area (Å²) in [6.45, 7) is 7.83. The van der Waals surface area contributed by atoms with E-state index in [1.54, 1.807) is 18.1 Å². The predicted octanol–water partition coefficient (Wildman–Crippen LogP) is 3.59. The molecule has 1 aliphatic rings. The Morgan fingerprint density at radius 1 is 0.966 bits per heavy atom. The Labute approximate surface area is 171 Å². The lowest BCUT2D eigenvalue weighted by Crippen LogP contribution is -2.50. The molecule has 0 aromatic heterocycles. The van der Waals surface area contributed by atoms with Gasteiger partial charge in [-0.15, -0.1) is 0 Å². The molecule has 2 aromatic rings. The molecule has 1 saturated heterocycles. The van der Waals surface area contributed by atoms with E-state index in [4.69, 9.17) is 9.47 Å². The SMILES string of the molecule is COc1cc(C)c(C)cc1NC(=O)N1CCN(c2ccccc2OC(C)=O)CC1. The summed E-state index contributed by atoms with van der Waals surface area (Å²) in [5, 5.41) is 2.97. The summed E-state index contributed by atoms with van der Waals surface area (Å²) < 4.78 is 10.7. The zero-order valence-electron chi connectivity index (χ0n) is 17.3. The fourth-order valence-electron chi connectivity index (χ4n) is 3.36. The predicted molar refractivity (Wildman–Crippen MR) is 113 cm³/mol. The van der Waals surface area contributed by atoms with E-state index in [2.05, 4.69) is 10.2 Å².